The summed E-state index contributed by atoms with van der Waals surface area (Å²) in [5, 5.41) is 9.83. The van der Waals surface area contributed by atoms with Crippen molar-refractivity contribution in [1.29, 1.82) is 0 Å². The van der Waals surface area contributed by atoms with Crippen molar-refractivity contribution in [3.05, 3.63) is 82.3 Å². The first-order valence-corrected chi connectivity index (χ1v) is 20.2. The number of aliphatic hydroxyl groups excluding tert-OH is 1. The van der Waals surface area contributed by atoms with Crippen molar-refractivity contribution in [1.82, 2.24) is 4.90 Å². The van der Waals surface area contributed by atoms with Gasteiger partial charge in [0.05, 0.1) is 43.1 Å². The number of hydrogen-bond donors (Lipinski definition) is 1. The van der Waals surface area contributed by atoms with E-state index in [9.17, 15) is 19.5 Å². The first kappa shape index (κ1) is 32.9. The highest BCUT2D eigenvalue weighted by atomic mass is 79.9. The number of anilines is 3. The number of para-hydroxylation sites is 2. The van der Waals surface area contributed by atoms with E-state index in [1.807, 2.05) is 73.7 Å². The molecular weight excluding hydrogens is 697 g/mol. The highest BCUT2D eigenvalue weighted by Crippen LogP contribution is 2.60. The van der Waals surface area contributed by atoms with E-state index in [0.717, 1.165) is 22.9 Å². The predicted molar refractivity (Wildman–Crippen MR) is 185 cm³/mol. The van der Waals surface area contributed by atoms with Gasteiger partial charge in [0.15, 0.2) is 12.2 Å². The van der Waals surface area contributed by atoms with Gasteiger partial charge in [0, 0.05) is 33.7 Å². The van der Waals surface area contributed by atoms with Crippen LogP contribution in [0.25, 0.3) is 0 Å². The Labute approximate surface area is 288 Å². The van der Waals surface area contributed by atoms with Crippen molar-refractivity contribution in [3.63, 3.8) is 0 Å². The molecule has 0 bridgehead atoms. The average Bonchev–Trinajstić information content (AvgIpc) is 3.72. The van der Waals surface area contributed by atoms with Crippen LogP contribution in [0, 0.1) is 5.92 Å². The van der Waals surface area contributed by atoms with Crippen LogP contribution in [0.4, 0.5) is 21.2 Å². The van der Waals surface area contributed by atoms with Gasteiger partial charge in [-0.15, -0.1) is 0 Å². The van der Waals surface area contributed by atoms with E-state index in [0.29, 0.717) is 34.9 Å². The topological polar surface area (TPSA) is 99.6 Å². The van der Waals surface area contributed by atoms with Gasteiger partial charge in [-0.3, -0.25) is 19.3 Å². The highest BCUT2D eigenvalue weighted by Gasteiger charge is 2.67. The number of carbonyl (C=O) groups excluding carboxylic acids is 3. The summed E-state index contributed by atoms with van der Waals surface area (Å²) in [5.41, 5.74) is 1.47. The van der Waals surface area contributed by atoms with E-state index >= 15 is 4.11 Å². The summed E-state index contributed by atoms with van der Waals surface area (Å²) in [5.74, 6) is -0.536. The van der Waals surface area contributed by atoms with Crippen LogP contribution >= 0.6 is 15.9 Å². The monoisotopic (exact) mass is 735 g/mol. The number of amides is 3. The zero-order valence-corrected chi connectivity index (χ0v) is 29.8. The number of rotatable bonds is 7. The second-order valence-corrected chi connectivity index (χ2v) is 18.5. The lowest BCUT2D eigenvalue weighted by molar-refractivity contribution is -0.150. The van der Waals surface area contributed by atoms with Crippen LogP contribution in [0.5, 0.6) is 5.75 Å². The van der Waals surface area contributed by atoms with Crippen LogP contribution in [0.15, 0.2) is 71.2 Å². The molecular formula is C36H39BrFN3O6Si. The molecule has 1 N–H and O–H groups in total. The third-order valence-corrected chi connectivity index (χ3v) is 13.4. The number of carbonyl (C=O) groups is 3. The minimum atomic E-state index is -3.46. The molecule has 0 aromatic heterocycles. The molecule has 0 aliphatic carbocycles. The van der Waals surface area contributed by atoms with Gasteiger partial charge in [-0.2, -0.15) is 0 Å². The summed E-state index contributed by atoms with van der Waals surface area (Å²) in [6.45, 7) is 5.74. The maximum absolute atomic E-state index is 16.3. The molecule has 0 saturated carbocycles. The second kappa shape index (κ2) is 12.4. The first-order chi connectivity index (χ1) is 22.9. The molecule has 3 aromatic rings. The Bertz CT molecular complexity index is 1770. The fraction of sp³-hybridized carbons (Fsp3) is 0.417. The zero-order chi connectivity index (χ0) is 34.0. The number of aliphatic hydroxyl groups is 1. The molecule has 4 aliphatic heterocycles. The van der Waals surface area contributed by atoms with Gasteiger partial charge in [0.1, 0.15) is 5.75 Å². The summed E-state index contributed by atoms with van der Waals surface area (Å²) in [4.78, 5) is 46.2. The van der Waals surface area contributed by atoms with Crippen LogP contribution in [-0.4, -0.2) is 68.0 Å². The van der Waals surface area contributed by atoms with Gasteiger partial charge in [-0.1, -0.05) is 47.1 Å². The molecule has 0 radical (unpaired) electrons. The molecule has 2 saturated heterocycles. The lowest BCUT2D eigenvalue weighted by atomic mass is 9.82. The Morgan fingerprint density at radius 1 is 1.08 bits per heavy atom. The van der Waals surface area contributed by atoms with Crippen molar-refractivity contribution in [3.8, 4) is 5.75 Å². The van der Waals surface area contributed by atoms with Gasteiger partial charge < -0.3 is 28.5 Å². The number of ether oxygens (including phenoxy) is 2. The highest BCUT2D eigenvalue weighted by molar-refractivity contribution is 9.10. The van der Waals surface area contributed by atoms with E-state index in [4.69, 9.17) is 9.47 Å². The van der Waals surface area contributed by atoms with Crippen LogP contribution < -0.4 is 14.5 Å². The largest absolute Gasteiger partial charge is 0.482 e. The summed E-state index contributed by atoms with van der Waals surface area (Å²) in [6.07, 6.45) is 0.701. The molecule has 3 amide bonds. The molecule has 4 aliphatic rings. The number of hydrogen-bond acceptors (Lipinski definition) is 6. The fourth-order valence-corrected chi connectivity index (χ4v) is 11.2. The number of fused-ring (bicyclic) bond motifs is 3. The Hall–Kier alpha value is -3.58. The summed E-state index contributed by atoms with van der Waals surface area (Å²) < 4.78 is 29.4. The standard InChI is InChI=1S/C36H39BrFN3O6Si/c1-22-34(48(2,3)38)31(18-32(43)39-16-6-7-26(39)20-42)47-36(22)27-17-24(37)12-15-28(27)40(35(36)45)19-23-10-13-25(14-11-23)41-29-8-4-5-9-30(29)46-21-33(41)44/h4-5,8-15,17,22,26,31,34,42H,6-7,16,18-21H2,1-3H3/t22-,26+,31+,34-,36+/m1/s1. The van der Waals surface area contributed by atoms with E-state index in [2.05, 4.69) is 15.9 Å². The van der Waals surface area contributed by atoms with Gasteiger partial charge >= 0.3 is 0 Å². The molecule has 2 fully saturated rings. The van der Waals surface area contributed by atoms with Gasteiger partial charge in [0.25, 0.3) is 11.8 Å². The van der Waals surface area contributed by atoms with Crippen LogP contribution in [0.1, 0.15) is 37.3 Å². The lowest BCUT2D eigenvalue weighted by Crippen LogP contribution is -2.45. The minimum Gasteiger partial charge on any atom is -0.482 e. The molecule has 3 aromatic carbocycles. The van der Waals surface area contributed by atoms with E-state index in [1.54, 1.807) is 27.8 Å². The molecule has 5 atom stereocenters. The summed E-state index contributed by atoms with van der Waals surface area (Å²) in [6, 6.07) is 20.3. The summed E-state index contributed by atoms with van der Waals surface area (Å²) >= 11 is 3.58. The molecule has 252 valence electrons. The Kier molecular flexibility index (Phi) is 8.50. The smallest absolute Gasteiger partial charge is 0.269 e. The molecule has 4 heterocycles. The van der Waals surface area contributed by atoms with Gasteiger partial charge in [-0.05, 0) is 74.0 Å². The van der Waals surface area contributed by atoms with E-state index in [1.165, 1.54) is 0 Å². The Balaban J connectivity index is 1.20. The Morgan fingerprint density at radius 2 is 1.83 bits per heavy atom. The lowest BCUT2D eigenvalue weighted by Gasteiger charge is -2.31. The second-order valence-electron chi connectivity index (χ2n) is 13.7. The predicted octanol–water partition coefficient (Wildman–Crippen LogP) is 6.20. The third-order valence-electron chi connectivity index (χ3n) is 10.4. The van der Waals surface area contributed by atoms with Crippen molar-refractivity contribution >= 4 is 59.1 Å². The van der Waals surface area contributed by atoms with Crippen molar-refractivity contribution in [2.45, 2.75) is 69.1 Å². The Morgan fingerprint density at radius 3 is 2.56 bits per heavy atom. The number of nitrogens with zero attached hydrogens (tertiary/aromatic N) is 3. The maximum atomic E-state index is 16.3. The molecule has 48 heavy (non-hydrogen) atoms. The van der Waals surface area contributed by atoms with Gasteiger partial charge in [0.2, 0.25) is 14.3 Å². The van der Waals surface area contributed by atoms with E-state index in [-0.39, 0.29) is 49.9 Å². The molecule has 9 nitrogen and oxygen atoms in total. The average molecular weight is 737 g/mol. The fourth-order valence-electron chi connectivity index (χ4n) is 8.34. The van der Waals surface area contributed by atoms with Crippen LogP contribution in [0.3, 0.4) is 0 Å². The number of halogens is 2. The SMILES string of the molecule is C[C@@H]1[C@@H]([Si](C)(C)F)[C@H](CC(=O)N2CCC[C@H]2CO)O[C@@]12C(=O)N(Cc1ccc(N3C(=O)COc4ccccc43)cc1)c1ccc(Br)cc12. The first-order valence-electron chi connectivity index (χ1n) is 16.5. The summed E-state index contributed by atoms with van der Waals surface area (Å²) in [7, 11) is -3.46. The van der Waals surface area contributed by atoms with Crippen molar-refractivity contribution < 1.29 is 33.1 Å². The minimum absolute atomic E-state index is 0.0466. The molecule has 1 spiro atoms. The van der Waals surface area contributed by atoms with E-state index < -0.39 is 31.6 Å². The molecule has 0 unspecified atom stereocenters. The van der Waals surface area contributed by atoms with Crippen molar-refractivity contribution in [2.75, 3.05) is 29.6 Å². The quantitative estimate of drug-likeness (QED) is 0.229. The maximum Gasteiger partial charge on any atom is 0.269 e. The van der Waals surface area contributed by atoms with Crippen molar-refractivity contribution in [2.24, 2.45) is 5.92 Å². The number of benzene rings is 3. The van der Waals surface area contributed by atoms with Gasteiger partial charge in [-0.25, -0.2) is 0 Å². The molecule has 12 heteroatoms. The third kappa shape index (κ3) is 5.37. The molecule has 7 rings (SSSR count). The van der Waals surface area contributed by atoms with Crippen LogP contribution in [0.2, 0.25) is 18.6 Å². The number of likely N-dealkylation sites (tertiary alicyclic amines) is 1. The van der Waals surface area contributed by atoms with Crippen LogP contribution in [-0.2, 0) is 31.3 Å². The normalized spacial score (nSPS) is 26.7. The zero-order valence-electron chi connectivity index (χ0n) is 27.2.